The third-order valence-electron chi connectivity index (χ3n) is 2.93. The molecule has 0 aromatic heterocycles. The van der Waals surface area contributed by atoms with E-state index in [-0.39, 0.29) is 53.4 Å². The maximum absolute atomic E-state index is 5.36. The second-order valence-electron chi connectivity index (χ2n) is 6.54. The van der Waals surface area contributed by atoms with Gasteiger partial charge >= 0.3 is 31.1 Å². The first-order chi connectivity index (χ1) is 17.6. The Morgan fingerprint density at radius 3 is 0.550 bits per heavy atom. The zero-order valence-electron chi connectivity index (χ0n) is 26.8. The minimum absolute atomic E-state index is 0. The third-order valence-corrected chi connectivity index (χ3v) is 2.93. The fraction of sp³-hybridized carbons (Fsp3) is 0.297. The van der Waals surface area contributed by atoms with E-state index in [1.54, 1.807) is 0 Å². The van der Waals surface area contributed by atoms with E-state index in [0.29, 0.717) is 0 Å². The molecule has 4 N–H and O–H groups in total. The van der Waals surface area contributed by atoms with Crippen LogP contribution in [0.5, 0.6) is 0 Å². The number of hydrogen-bond acceptors (Lipinski definition) is 2. The Morgan fingerprint density at radius 1 is 0.375 bits per heavy atom. The Labute approximate surface area is 276 Å². The van der Waals surface area contributed by atoms with Crippen LogP contribution in [-0.4, -0.2) is 0 Å². The molecule has 4 aromatic rings. The van der Waals surface area contributed by atoms with Crippen molar-refractivity contribution in [3.05, 3.63) is 148 Å². The second kappa shape index (κ2) is 60.8. The first kappa shape index (κ1) is 57.4. The van der Waals surface area contributed by atoms with Crippen molar-refractivity contribution in [1.82, 2.24) is 0 Å². The molecule has 40 heavy (non-hydrogen) atoms. The van der Waals surface area contributed by atoms with Crippen LogP contribution < -0.4 is 11.5 Å². The van der Waals surface area contributed by atoms with Crippen LogP contribution in [0.3, 0.4) is 0 Å². The summed E-state index contributed by atoms with van der Waals surface area (Å²) < 4.78 is 0. The molecule has 0 amide bonds. The van der Waals surface area contributed by atoms with Crippen LogP contribution in [0.4, 0.5) is 11.4 Å². The van der Waals surface area contributed by atoms with Crippen molar-refractivity contribution in [3.63, 3.8) is 0 Å². The van der Waals surface area contributed by atoms with Gasteiger partial charge in [-0.1, -0.05) is 185 Å². The molecule has 226 valence electrons. The minimum atomic E-state index is 0. The van der Waals surface area contributed by atoms with Crippen LogP contribution in [0.2, 0.25) is 0 Å². The molecule has 0 aliphatic rings. The molecule has 3 heteroatoms. The largest absolute Gasteiger partial charge is 2.00 e. The quantitative estimate of drug-likeness (QED) is 0.138. The van der Waals surface area contributed by atoms with E-state index in [2.05, 4.69) is 27.7 Å². The topological polar surface area (TPSA) is 52.0 Å². The van der Waals surface area contributed by atoms with Crippen molar-refractivity contribution in [2.75, 3.05) is 11.5 Å². The fourth-order valence-electron chi connectivity index (χ4n) is 1.68. The van der Waals surface area contributed by atoms with E-state index >= 15 is 0 Å². The summed E-state index contributed by atoms with van der Waals surface area (Å²) in [6.45, 7) is 16.5. The number of rotatable bonds is 0. The van der Waals surface area contributed by atoms with E-state index in [1.165, 1.54) is 12.8 Å². The maximum Gasteiger partial charge on any atom is 2.00 e. The van der Waals surface area contributed by atoms with Crippen LogP contribution >= 0.6 is 0 Å². The van der Waals surface area contributed by atoms with Gasteiger partial charge in [-0.15, -0.1) is 0 Å². The molecule has 0 heterocycles. The van der Waals surface area contributed by atoms with Gasteiger partial charge in [-0.05, 0) is 24.3 Å². The summed E-state index contributed by atoms with van der Waals surface area (Å²) >= 11 is 0. The minimum Gasteiger partial charge on any atom is -0.399 e. The number of para-hydroxylation sites is 2. The molecule has 4 aromatic carbocycles. The van der Waals surface area contributed by atoms with E-state index < -0.39 is 0 Å². The second-order valence-corrected chi connectivity index (χ2v) is 6.54. The Balaban J connectivity index is -0.0000000500. The van der Waals surface area contributed by atoms with E-state index in [9.17, 15) is 0 Å². The first-order valence-corrected chi connectivity index (χ1v) is 13.2. The molecule has 0 bridgehead atoms. The van der Waals surface area contributed by atoms with Gasteiger partial charge in [0.1, 0.15) is 0 Å². The number of anilines is 2. The summed E-state index contributed by atoms with van der Waals surface area (Å²) in [5.41, 5.74) is 12.4. The molecular formula is C37H64N2U. The van der Waals surface area contributed by atoms with Crippen molar-refractivity contribution < 1.29 is 31.1 Å². The van der Waals surface area contributed by atoms with E-state index in [1.807, 2.05) is 161 Å². The summed E-state index contributed by atoms with van der Waals surface area (Å²) in [4.78, 5) is 0. The summed E-state index contributed by atoms with van der Waals surface area (Å²) in [6.07, 6.45) is 2.50. The molecule has 0 spiro atoms. The zero-order chi connectivity index (χ0) is 28.1. The maximum atomic E-state index is 5.36. The average molecular weight is 775 g/mol. The molecule has 2 nitrogen and oxygen atoms in total. The Hall–Kier alpha value is -2.47. The standard InChI is InChI=1S/2C6H7N.2C6H6.2C3H8.2C2H6.CH4.2CH3.U/c2*7-6-4-2-1-3-5-6;2*1-2-4-6-5-3-1;2*1-3-2;2*1-2;;;;/h2*1-5H,7H2;2*1-6H;2*3H2,1-2H3;2*1-2H3;1H4;2*1H3;/q;;;;;;;;;2*-1;+2. The van der Waals surface area contributed by atoms with Crippen LogP contribution in [0.1, 0.15) is 75.7 Å². The molecule has 0 radical (unpaired) electrons. The Kier molecular flexibility index (Phi) is 87.4. The van der Waals surface area contributed by atoms with Gasteiger partial charge < -0.3 is 26.3 Å². The molecule has 0 fully saturated rings. The molecule has 4 rings (SSSR count). The molecular weight excluding hydrogens is 710 g/mol. The third kappa shape index (κ3) is 65.0. The van der Waals surface area contributed by atoms with E-state index in [4.69, 9.17) is 11.5 Å². The van der Waals surface area contributed by atoms with Gasteiger partial charge in [0, 0.05) is 11.4 Å². The van der Waals surface area contributed by atoms with Gasteiger partial charge in [0.15, 0.2) is 0 Å². The van der Waals surface area contributed by atoms with Crippen molar-refractivity contribution in [3.8, 4) is 0 Å². The molecule has 0 aliphatic carbocycles. The SMILES string of the molecule is C.CC.CC.CCC.CCC.Nc1ccccc1.Nc1ccccc1.[CH3-].[CH3-].[U+2].c1ccccc1.c1ccccc1. The van der Waals surface area contributed by atoms with Gasteiger partial charge in [0.2, 0.25) is 0 Å². The van der Waals surface area contributed by atoms with Crippen molar-refractivity contribution in [2.45, 2.75) is 75.7 Å². The summed E-state index contributed by atoms with van der Waals surface area (Å²) in [6, 6.07) is 43.0. The van der Waals surface area contributed by atoms with Crippen LogP contribution in [-0.2, 0) is 0 Å². The van der Waals surface area contributed by atoms with Gasteiger partial charge in [-0.25, -0.2) is 0 Å². The normalized spacial score (nSPS) is 6.60. The van der Waals surface area contributed by atoms with Crippen molar-refractivity contribution in [2.24, 2.45) is 0 Å². The van der Waals surface area contributed by atoms with Crippen molar-refractivity contribution in [1.29, 1.82) is 0 Å². The smallest absolute Gasteiger partial charge is 0.399 e. The summed E-state index contributed by atoms with van der Waals surface area (Å²) in [7, 11) is 0. The fourth-order valence-corrected chi connectivity index (χ4v) is 1.68. The zero-order valence-corrected chi connectivity index (χ0v) is 30.9. The van der Waals surface area contributed by atoms with Crippen LogP contribution in [0, 0.1) is 46.0 Å². The summed E-state index contributed by atoms with van der Waals surface area (Å²) in [5.74, 6) is 0. The molecule has 0 saturated carbocycles. The Bertz CT molecular complexity index is 657. The van der Waals surface area contributed by atoms with Crippen LogP contribution in [0.15, 0.2) is 133 Å². The average Bonchev–Trinajstić information content (AvgIpc) is 2.96. The first-order valence-electron chi connectivity index (χ1n) is 13.2. The van der Waals surface area contributed by atoms with Gasteiger partial charge in [0.05, 0.1) is 0 Å². The number of nitrogens with two attached hydrogens (primary N) is 2. The predicted molar refractivity (Wildman–Crippen MR) is 189 cm³/mol. The Morgan fingerprint density at radius 2 is 0.475 bits per heavy atom. The number of hydrogen-bond donors (Lipinski definition) is 2. The number of benzene rings is 4. The number of nitrogen functional groups attached to an aromatic ring is 2. The van der Waals surface area contributed by atoms with Crippen LogP contribution in [0.25, 0.3) is 0 Å². The van der Waals surface area contributed by atoms with Gasteiger partial charge in [-0.2, -0.15) is 0 Å². The summed E-state index contributed by atoms with van der Waals surface area (Å²) in [5, 5.41) is 0. The van der Waals surface area contributed by atoms with Gasteiger partial charge in [0.25, 0.3) is 0 Å². The molecule has 0 aliphatic heterocycles. The predicted octanol–water partition coefficient (Wildman–Crippen LogP) is 12.3. The van der Waals surface area contributed by atoms with E-state index in [0.717, 1.165) is 11.4 Å². The molecule has 0 saturated heterocycles. The molecule has 0 atom stereocenters. The monoisotopic (exact) mass is 775 g/mol. The molecule has 0 unspecified atom stereocenters. The van der Waals surface area contributed by atoms with Gasteiger partial charge in [-0.3, -0.25) is 0 Å². The van der Waals surface area contributed by atoms with Crippen molar-refractivity contribution >= 4 is 11.4 Å².